The van der Waals surface area contributed by atoms with Gasteiger partial charge in [-0.3, -0.25) is 9.36 Å². The van der Waals surface area contributed by atoms with Gasteiger partial charge >= 0.3 is 7.60 Å². The summed E-state index contributed by atoms with van der Waals surface area (Å²) in [6, 6.07) is 30.3. The first-order chi connectivity index (χ1) is 19.4. The number of halogens is 1. The maximum atomic E-state index is 15.0. The number of aromatic nitrogens is 2. The van der Waals surface area contributed by atoms with Gasteiger partial charge in [0.25, 0.3) is 5.91 Å². The van der Waals surface area contributed by atoms with E-state index in [1.807, 2.05) is 48.5 Å². The van der Waals surface area contributed by atoms with E-state index in [1.54, 1.807) is 62.4 Å². The molecule has 4 aromatic carbocycles. The Labute approximate surface area is 232 Å². The van der Waals surface area contributed by atoms with Gasteiger partial charge < -0.3 is 14.4 Å². The molecular formula is C31H29FN3O4P. The van der Waals surface area contributed by atoms with Crippen molar-refractivity contribution in [1.82, 2.24) is 15.1 Å². The molecule has 0 bridgehead atoms. The Balaban J connectivity index is 1.63. The van der Waals surface area contributed by atoms with Gasteiger partial charge in [0.2, 0.25) is 0 Å². The number of nitrogens with one attached hydrogen (secondary N) is 1. The fraction of sp³-hybridized carbons (Fsp3) is 0.161. The van der Waals surface area contributed by atoms with Crippen LogP contribution in [0.3, 0.4) is 0 Å². The summed E-state index contributed by atoms with van der Waals surface area (Å²) >= 11 is 0. The topological polar surface area (TPSA) is 82.5 Å². The minimum Gasteiger partial charge on any atom is -0.333 e. The van der Waals surface area contributed by atoms with Crippen LogP contribution in [0.25, 0.3) is 27.7 Å². The quantitative estimate of drug-likeness (QED) is 0.180. The Bertz CT molecular complexity index is 1670. The first-order valence-corrected chi connectivity index (χ1v) is 14.6. The molecule has 204 valence electrons. The normalized spacial score (nSPS) is 12.4. The molecule has 0 spiro atoms. The zero-order valence-electron chi connectivity index (χ0n) is 22.2. The van der Waals surface area contributed by atoms with Crippen molar-refractivity contribution in [3.63, 3.8) is 0 Å². The SMILES string of the molecule is CCOP(=O)(OCC)C(NC(=O)c1cc(-c2cccc3ccccc23)n(-c2ccccc2F)n1)c1ccccc1. The third kappa shape index (κ3) is 5.47. The molecule has 0 aliphatic rings. The lowest BCUT2D eigenvalue weighted by Gasteiger charge is -2.27. The number of amides is 1. The van der Waals surface area contributed by atoms with Crippen LogP contribution in [0.4, 0.5) is 4.39 Å². The maximum absolute atomic E-state index is 15.0. The fourth-order valence-electron chi connectivity index (χ4n) is 4.66. The monoisotopic (exact) mass is 557 g/mol. The molecule has 0 aliphatic carbocycles. The smallest absolute Gasteiger partial charge is 0.333 e. The number of carbonyl (C=O) groups excluding carboxylic acids is 1. The van der Waals surface area contributed by atoms with E-state index >= 15 is 4.39 Å². The molecule has 1 aromatic heterocycles. The molecule has 1 amide bonds. The van der Waals surface area contributed by atoms with E-state index in [9.17, 15) is 9.36 Å². The van der Waals surface area contributed by atoms with Gasteiger partial charge in [-0.25, -0.2) is 9.07 Å². The number of carbonyl (C=O) groups is 1. The molecule has 1 N–H and O–H groups in total. The fourth-order valence-corrected chi connectivity index (χ4v) is 6.57. The minimum atomic E-state index is -3.81. The first kappa shape index (κ1) is 27.5. The van der Waals surface area contributed by atoms with E-state index in [0.29, 0.717) is 11.3 Å². The van der Waals surface area contributed by atoms with Gasteiger partial charge in [-0.05, 0) is 48.4 Å². The van der Waals surface area contributed by atoms with E-state index in [1.165, 1.54) is 10.7 Å². The summed E-state index contributed by atoms with van der Waals surface area (Å²) in [4.78, 5) is 13.7. The largest absolute Gasteiger partial charge is 0.357 e. The summed E-state index contributed by atoms with van der Waals surface area (Å²) in [5, 5.41) is 9.29. The lowest BCUT2D eigenvalue weighted by molar-refractivity contribution is 0.0931. The molecule has 1 atom stereocenters. The van der Waals surface area contributed by atoms with Crippen molar-refractivity contribution in [2.24, 2.45) is 0 Å². The van der Waals surface area contributed by atoms with Crippen LogP contribution >= 0.6 is 7.60 Å². The van der Waals surface area contributed by atoms with E-state index in [0.717, 1.165) is 16.3 Å². The minimum absolute atomic E-state index is 0.0201. The van der Waals surface area contributed by atoms with Gasteiger partial charge in [0.15, 0.2) is 11.5 Å². The van der Waals surface area contributed by atoms with Gasteiger partial charge in [0, 0.05) is 5.56 Å². The summed E-state index contributed by atoms with van der Waals surface area (Å²) in [6.45, 7) is 3.68. The lowest BCUT2D eigenvalue weighted by atomic mass is 10.0. The summed E-state index contributed by atoms with van der Waals surface area (Å²) < 4.78 is 41.5. The molecule has 7 nitrogen and oxygen atoms in total. The maximum Gasteiger partial charge on any atom is 0.357 e. The van der Waals surface area contributed by atoms with Gasteiger partial charge in [-0.2, -0.15) is 5.10 Å². The summed E-state index contributed by atoms with van der Waals surface area (Å²) in [5.41, 5.74) is 2.08. The molecule has 1 unspecified atom stereocenters. The number of rotatable bonds is 10. The van der Waals surface area contributed by atoms with E-state index in [4.69, 9.17) is 9.05 Å². The number of nitrogens with zero attached hydrogens (tertiary/aromatic N) is 2. The zero-order chi connectivity index (χ0) is 28.1. The number of para-hydroxylation sites is 1. The van der Waals surface area contributed by atoms with Crippen molar-refractivity contribution in [3.8, 4) is 16.9 Å². The van der Waals surface area contributed by atoms with Crippen molar-refractivity contribution >= 4 is 24.3 Å². The molecule has 0 saturated heterocycles. The summed E-state index contributed by atoms with van der Waals surface area (Å²) in [7, 11) is -3.81. The van der Waals surface area contributed by atoms with Gasteiger partial charge in [-0.15, -0.1) is 0 Å². The second-order valence-electron chi connectivity index (χ2n) is 8.97. The molecule has 0 aliphatic heterocycles. The van der Waals surface area contributed by atoms with Crippen molar-refractivity contribution < 1.29 is 22.8 Å². The second kappa shape index (κ2) is 12.0. The Kier molecular flexibility index (Phi) is 8.21. The molecule has 0 fully saturated rings. The summed E-state index contributed by atoms with van der Waals surface area (Å²) in [6.07, 6.45) is 0. The van der Waals surface area contributed by atoms with E-state index in [-0.39, 0.29) is 24.6 Å². The molecular weight excluding hydrogens is 528 g/mol. The number of hydrogen-bond acceptors (Lipinski definition) is 5. The predicted molar refractivity (Wildman–Crippen MR) is 154 cm³/mol. The second-order valence-corrected chi connectivity index (χ2v) is 11.1. The van der Waals surface area contributed by atoms with Crippen molar-refractivity contribution in [2.75, 3.05) is 13.2 Å². The molecule has 1 heterocycles. The highest BCUT2D eigenvalue weighted by Gasteiger charge is 2.38. The van der Waals surface area contributed by atoms with Crippen LogP contribution in [0.1, 0.15) is 35.7 Å². The van der Waals surface area contributed by atoms with Crippen LogP contribution in [0.15, 0.2) is 103 Å². The van der Waals surface area contributed by atoms with Gasteiger partial charge in [0.1, 0.15) is 11.5 Å². The van der Waals surface area contributed by atoms with Crippen LogP contribution < -0.4 is 5.32 Å². The Hall–Kier alpha value is -4.10. The Morgan fingerprint density at radius 2 is 1.55 bits per heavy atom. The molecule has 5 rings (SSSR count). The van der Waals surface area contributed by atoms with Crippen LogP contribution in [-0.2, 0) is 13.6 Å². The average Bonchev–Trinajstić information content (AvgIpc) is 3.41. The van der Waals surface area contributed by atoms with Crippen molar-refractivity contribution in [2.45, 2.75) is 19.6 Å². The lowest BCUT2D eigenvalue weighted by Crippen LogP contribution is -2.30. The van der Waals surface area contributed by atoms with Crippen LogP contribution in [0.5, 0.6) is 0 Å². The van der Waals surface area contributed by atoms with E-state index < -0.39 is 25.1 Å². The molecule has 9 heteroatoms. The Morgan fingerprint density at radius 1 is 0.900 bits per heavy atom. The number of benzene rings is 4. The van der Waals surface area contributed by atoms with Crippen molar-refractivity contribution in [3.05, 3.63) is 120 Å². The Morgan fingerprint density at radius 3 is 2.27 bits per heavy atom. The third-order valence-corrected chi connectivity index (χ3v) is 8.70. The van der Waals surface area contributed by atoms with Crippen molar-refractivity contribution in [1.29, 1.82) is 0 Å². The highest BCUT2D eigenvalue weighted by atomic mass is 31.2. The number of hydrogen-bond donors (Lipinski definition) is 1. The third-order valence-electron chi connectivity index (χ3n) is 6.41. The van der Waals surface area contributed by atoms with Gasteiger partial charge in [0.05, 0.1) is 18.9 Å². The molecule has 0 radical (unpaired) electrons. The van der Waals surface area contributed by atoms with Crippen LogP contribution in [-0.4, -0.2) is 28.9 Å². The molecule has 5 aromatic rings. The average molecular weight is 558 g/mol. The molecule has 0 saturated carbocycles. The standard InChI is InChI=1S/C31H29FN3O4P/c1-3-38-40(37,39-4-2)31(23-14-6-5-7-15-23)33-30(36)27-21-29(35(34-27)28-20-11-10-19-26(28)32)25-18-12-16-22-13-8-9-17-24(22)25/h5-21,31H,3-4H2,1-2H3,(H,33,36). The zero-order valence-corrected chi connectivity index (χ0v) is 23.1. The molecule has 40 heavy (non-hydrogen) atoms. The predicted octanol–water partition coefficient (Wildman–Crippen LogP) is 7.53. The number of fused-ring (bicyclic) bond motifs is 1. The first-order valence-electron chi connectivity index (χ1n) is 13.0. The highest BCUT2D eigenvalue weighted by molar-refractivity contribution is 7.54. The van der Waals surface area contributed by atoms with Crippen LogP contribution in [0, 0.1) is 5.82 Å². The summed E-state index contributed by atoms with van der Waals surface area (Å²) in [5.74, 6) is -2.18. The van der Waals surface area contributed by atoms with Gasteiger partial charge in [-0.1, -0.05) is 84.9 Å². The highest BCUT2D eigenvalue weighted by Crippen LogP contribution is 2.59. The van der Waals surface area contributed by atoms with Crippen LogP contribution in [0.2, 0.25) is 0 Å². The van der Waals surface area contributed by atoms with E-state index in [2.05, 4.69) is 10.4 Å².